The van der Waals surface area contributed by atoms with E-state index in [1.807, 2.05) is 0 Å². The molecule has 0 aliphatic rings. The fourth-order valence-corrected chi connectivity index (χ4v) is 2.01. The zero-order valence-corrected chi connectivity index (χ0v) is 13.7. The number of amides is 1. The van der Waals surface area contributed by atoms with E-state index in [1.54, 1.807) is 18.2 Å². The minimum absolute atomic E-state index is 0.0730. The molecule has 0 aliphatic heterocycles. The number of carbonyl (C=O) groups excluding carboxylic acids is 1. The molecule has 3 N–H and O–H groups in total. The smallest absolute Gasteiger partial charge is 0.392 e. The number of nitrogens with one attached hydrogen (secondary N) is 2. The highest BCUT2D eigenvalue weighted by atomic mass is 35.5. The third-order valence-electron chi connectivity index (χ3n) is 2.93. The van der Waals surface area contributed by atoms with Crippen LogP contribution in [0.1, 0.15) is 23.1 Å². The van der Waals surface area contributed by atoms with Crippen molar-refractivity contribution < 1.29 is 23.1 Å². The van der Waals surface area contributed by atoms with Crippen molar-refractivity contribution in [3.05, 3.63) is 46.9 Å². The average Bonchev–Trinajstić information content (AvgIpc) is 2.51. The van der Waals surface area contributed by atoms with Crippen LogP contribution < -0.4 is 10.6 Å². The van der Waals surface area contributed by atoms with Gasteiger partial charge < -0.3 is 15.7 Å². The van der Waals surface area contributed by atoms with Crippen molar-refractivity contribution in [3.8, 4) is 0 Å². The normalized spacial score (nSPS) is 12.6. The summed E-state index contributed by atoms with van der Waals surface area (Å²) in [7, 11) is 0. The number of hydrogen-bond donors (Lipinski definition) is 3. The largest absolute Gasteiger partial charge is 0.451 e. The van der Waals surface area contributed by atoms with E-state index in [4.69, 9.17) is 11.6 Å². The molecule has 0 bridgehead atoms. The van der Waals surface area contributed by atoms with Crippen LogP contribution in [0.3, 0.4) is 0 Å². The van der Waals surface area contributed by atoms with Crippen LogP contribution in [0.25, 0.3) is 0 Å². The number of aromatic nitrogens is 2. The summed E-state index contributed by atoms with van der Waals surface area (Å²) in [5, 5.41) is 14.6. The second kappa shape index (κ2) is 7.66. The van der Waals surface area contributed by atoms with Gasteiger partial charge in [0.2, 0.25) is 5.82 Å². The second-order valence-corrected chi connectivity index (χ2v) is 5.58. The highest BCUT2D eigenvalue weighted by Gasteiger charge is 2.35. The van der Waals surface area contributed by atoms with Gasteiger partial charge in [0.25, 0.3) is 5.91 Å². The van der Waals surface area contributed by atoms with Crippen LogP contribution in [-0.2, 0) is 6.18 Å². The summed E-state index contributed by atoms with van der Waals surface area (Å²) in [5.74, 6) is -2.43. The number of carbonyl (C=O) groups is 1. The Bertz CT molecular complexity index is 769. The molecule has 25 heavy (non-hydrogen) atoms. The standard InChI is InChI=1S/C15H14ClF3N4O2/c1-8(24)6-20-13(25)11-7-21-14(15(17,18)19)23-12(11)22-10-4-2-3-9(16)5-10/h2-5,7-8,24H,6H2,1H3,(H,20,25)(H,21,22,23). The second-order valence-electron chi connectivity index (χ2n) is 5.15. The van der Waals surface area contributed by atoms with Gasteiger partial charge in [-0.05, 0) is 25.1 Å². The maximum atomic E-state index is 12.8. The Labute approximate surface area is 146 Å². The van der Waals surface area contributed by atoms with E-state index in [9.17, 15) is 23.1 Å². The Morgan fingerprint density at radius 3 is 2.72 bits per heavy atom. The summed E-state index contributed by atoms with van der Waals surface area (Å²) in [4.78, 5) is 18.7. The minimum Gasteiger partial charge on any atom is -0.392 e. The van der Waals surface area contributed by atoms with E-state index in [0.29, 0.717) is 10.7 Å². The van der Waals surface area contributed by atoms with Crippen molar-refractivity contribution >= 4 is 29.0 Å². The minimum atomic E-state index is -4.76. The van der Waals surface area contributed by atoms with E-state index in [1.165, 1.54) is 13.0 Å². The molecule has 0 saturated heterocycles. The molecule has 2 rings (SSSR count). The summed E-state index contributed by atoms with van der Waals surface area (Å²) >= 11 is 5.84. The van der Waals surface area contributed by atoms with Crippen molar-refractivity contribution in [2.75, 3.05) is 11.9 Å². The molecular formula is C15H14ClF3N4O2. The number of alkyl halides is 3. The Morgan fingerprint density at radius 2 is 2.12 bits per heavy atom. The lowest BCUT2D eigenvalue weighted by Gasteiger charge is -2.14. The molecule has 0 saturated carbocycles. The molecule has 0 fully saturated rings. The molecule has 1 amide bonds. The van der Waals surface area contributed by atoms with Crippen molar-refractivity contribution in [1.29, 1.82) is 0 Å². The first-order valence-electron chi connectivity index (χ1n) is 7.10. The Morgan fingerprint density at radius 1 is 1.40 bits per heavy atom. The van der Waals surface area contributed by atoms with Crippen molar-refractivity contribution in [2.24, 2.45) is 0 Å². The number of anilines is 2. The van der Waals surface area contributed by atoms with E-state index in [0.717, 1.165) is 6.20 Å². The van der Waals surface area contributed by atoms with E-state index < -0.39 is 24.0 Å². The lowest BCUT2D eigenvalue weighted by atomic mass is 10.2. The monoisotopic (exact) mass is 374 g/mol. The lowest BCUT2D eigenvalue weighted by molar-refractivity contribution is -0.144. The highest BCUT2D eigenvalue weighted by Crippen LogP contribution is 2.29. The van der Waals surface area contributed by atoms with Crippen LogP contribution in [0, 0.1) is 0 Å². The number of aliphatic hydroxyl groups is 1. The molecule has 6 nitrogen and oxygen atoms in total. The molecule has 1 aromatic carbocycles. The predicted molar refractivity (Wildman–Crippen MR) is 85.8 cm³/mol. The van der Waals surface area contributed by atoms with E-state index in [-0.39, 0.29) is 17.9 Å². The summed E-state index contributed by atoms with van der Waals surface area (Å²) in [6.07, 6.45) is -4.80. The fourth-order valence-electron chi connectivity index (χ4n) is 1.82. The first-order valence-corrected chi connectivity index (χ1v) is 7.47. The van der Waals surface area contributed by atoms with Gasteiger partial charge in [0.05, 0.1) is 6.10 Å². The quantitative estimate of drug-likeness (QED) is 0.749. The molecule has 0 spiro atoms. The summed E-state index contributed by atoms with van der Waals surface area (Å²) < 4.78 is 38.5. The maximum Gasteiger partial charge on any atom is 0.451 e. The molecule has 1 atom stereocenters. The third kappa shape index (κ3) is 5.30. The molecule has 134 valence electrons. The van der Waals surface area contributed by atoms with Gasteiger partial charge in [-0.2, -0.15) is 13.2 Å². The van der Waals surface area contributed by atoms with Gasteiger partial charge in [0.15, 0.2) is 0 Å². The number of rotatable bonds is 5. The first-order chi connectivity index (χ1) is 11.7. The first kappa shape index (κ1) is 18.9. The van der Waals surface area contributed by atoms with Crippen molar-refractivity contribution in [1.82, 2.24) is 15.3 Å². The van der Waals surface area contributed by atoms with Crippen LogP contribution in [0.15, 0.2) is 30.5 Å². The predicted octanol–water partition coefficient (Wildman–Crippen LogP) is 3.00. The van der Waals surface area contributed by atoms with Crippen molar-refractivity contribution in [3.63, 3.8) is 0 Å². The van der Waals surface area contributed by atoms with Crippen LogP contribution in [0.2, 0.25) is 5.02 Å². The highest BCUT2D eigenvalue weighted by molar-refractivity contribution is 6.30. The molecule has 1 unspecified atom stereocenters. The number of nitrogens with zero attached hydrogens (tertiary/aromatic N) is 2. The zero-order valence-electron chi connectivity index (χ0n) is 12.9. The van der Waals surface area contributed by atoms with Crippen LogP contribution in [-0.4, -0.2) is 33.6 Å². The van der Waals surface area contributed by atoms with Crippen LogP contribution in [0.4, 0.5) is 24.7 Å². The summed E-state index contributed by atoms with van der Waals surface area (Å²) in [6, 6.07) is 6.20. The molecule has 1 aromatic heterocycles. The van der Waals surface area contributed by atoms with Crippen LogP contribution >= 0.6 is 11.6 Å². The SMILES string of the molecule is CC(O)CNC(=O)c1cnc(C(F)(F)F)nc1Nc1cccc(Cl)c1. The number of halogens is 4. The molecule has 0 radical (unpaired) electrons. The van der Waals surface area contributed by atoms with Gasteiger partial charge in [-0.25, -0.2) is 9.97 Å². The molecular weight excluding hydrogens is 361 g/mol. The summed E-state index contributed by atoms with van der Waals surface area (Å²) in [5.41, 5.74) is 0.150. The maximum absolute atomic E-state index is 12.8. The van der Waals surface area contributed by atoms with E-state index in [2.05, 4.69) is 20.6 Å². The molecule has 1 heterocycles. The van der Waals surface area contributed by atoms with E-state index >= 15 is 0 Å². The van der Waals surface area contributed by atoms with Gasteiger partial charge in [-0.1, -0.05) is 17.7 Å². The summed E-state index contributed by atoms with van der Waals surface area (Å²) in [6.45, 7) is 1.38. The van der Waals surface area contributed by atoms with Gasteiger partial charge in [0, 0.05) is 23.5 Å². The zero-order chi connectivity index (χ0) is 18.6. The number of aliphatic hydroxyl groups excluding tert-OH is 1. The van der Waals surface area contributed by atoms with Gasteiger partial charge in [-0.15, -0.1) is 0 Å². The molecule has 0 aliphatic carbocycles. The Hall–Kier alpha value is -2.39. The Kier molecular flexibility index (Phi) is 5.81. The van der Waals surface area contributed by atoms with Crippen LogP contribution in [0.5, 0.6) is 0 Å². The third-order valence-corrected chi connectivity index (χ3v) is 3.17. The topological polar surface area (TPSA) is 87.1 Å². The van der Waals surface area contributed by atoms with Gasteiger partial charge in [-0.3, -0.25) is 4.79 Å². The van der Waals surface area contributed by atoms with Crippen molar-refractivity contribution in [2.45, 2.75) is 19.2 Å². The Balaban J connectivity index is 2.39. The van der Waals surface area contributed by atoms with Gasteiger partial charge in [0.1, 0.15) is 11.4 Å². The molecule has 10 heteroatoms. The van der Waals surface area contributed by atoms with Gasteiger partial charge >= 0.3 is 6.18 Å². The lowest BCUT2D eigenvalue weighted by Crippen LogP contribution is -2.31. The average molecular weight is 375 g/mol. The number of benzene rings is 1. The molecule has 2 aromatic rings. The fraction of sp³-hybridized carbons (Fsp3) is 0.267. The number of hydrogen-bond acceptors (Lipinski definition) is 5.